The lowest BCUT2D eigenvalue weighted by molar-refractivity contribution is -0.115. The van der Waals surface area contributed by atoms with E-state index in [9.17, 15) is 9.18 Å². The lowest BCUT2D eigenvalue weighted by atomic mass is 10.1. The highest BCUT2D eigenvalue weighted by Crippen LogP contribution is 2.38. The van der Waals surface area contributed by atoms with Crippen LogP contribution in [0, 0.1) is 5.82 Å². The van der Waals surface area contributed by atoms with Gasteiger partial charge in [0.25, 0.3) is 5.91 Å². The second-order valence-electron chi connectivity index (χ2n) is 5.27. The monoisotopic (exact) mass is 409 g/mol. The van der Waals surface area contributed by atoms with Gasteiger partial charge < -0.3 is 14.8 Å². The van der Waals surface area contributed by atoms with Crippen molar-refractivity contribution in [3.8, 4) is 11.5 Å². The van der Waals surface area contributed by atoms with Crippen molar-refractivity contribution in [2.45, 2.75) is 6.61 Å². The molecule has 0 aliphatic carbocycles. The molecule has 1 fully saturated rings. The molecular weight excluding hydrogens is 397 g/mol. The Bertz CT molecular complexity index is 917. The number of thiocarbonyl (C=S) groups is 1. The van der Waals surface area contributed by atoms with E-state index in [1.807, 2.05) is 0 Å². The Morgan fingerprint density at radius 2 is 2.12 bits per heavy atom. The number of halogens is 2. The third-order valence-corrected chi connectivity index (χ3v) is 4.96. The van der Waals surface area contributed by atoms with E-state index < -0.39 is 0 Å². The highest BCUT2D eigenvalue weighted by molar-refractivity contribution is 8.26. The van der Waals surface area contributed by atoms with Gasteiger partial charge in [0, 0.05) is 5.56 Å². The first-order valence-corrected chi connectivity index (χ1v) is 9.07. The first-order valence-electron chi connectivity index (χ1n) is 7.46. The Hall–Kier alpha value is -2.09. The summed E-state index contributed by atoms with van der Waals surface area (Å²) in [5.74, 6) is 0.0736. The van der Waals surface area contributed by atoms with Crippen LogP contribution in [0.3, 0.4) is 0 Å². The summed E-state index contributed by atoms with van der Waals surface area (Å²) in [4.78, 5) is 12.2. The molecule has 0 atom stereocenters. The molecular formula is C18H13ClFNO3S2. The Kier molecular flexibility index (Phi) is 5.80. The van der Waals surface area contributed by atoms with Crippen LogP contribution in [0.2, 0.25) is 5.02 Å². The summed E-state index contributed by atoms with van der Waals surface area (Å²) in [6, 6.07) is 9.66. The molecule has 0 aromatic heterocycles. The molecule has 8 heteroatoms. The second kappa shape index (κ2) is 8.07. The third-order valence-electron chi connectivity index (χ3n) is 3.52. The standard InChI is InChI=1S/C18H13ClFNO3S2/c1-23-14-7-10(8-15-17(22)21-18(25)26-15)6-12(19)16(14)24-9-11-4-2-3-5-13(11)20/h2-8H,9H2,1H3,(H,21,22,25). The molecule has 3 rings (SSSR count). The number of nitrogens with one attached hydrogen (secondary N) is 1. The van der Waals surface area contributed by atoms with Gasteiger partial charge in [-0.2, -0.15) is 0 Å². The van der Waals surface area contributed by atoms with Gasteiger partial charge >= 0.3 is 0 Å². The van der Waals surface area contributed by atoms with E-state index in [0.29, 0.717) is 36.9 Å². The molecule has 1 heterocycles. The zero-order valence-corrected chi connectivity index (χ0v) is 15.9. The predicted molar refractivity (Wildman–Crippen MR) is 105 cm³/mol. The molecule has 0 bridgehead atoms. The SMILES string of the molecule is COc1cc(C=C2SC(=S)NC2=O)cc(Cl)c1OCc1ccccc1F. The summed E-state index contributed by atoms with van der Waals surface area (Å²) < 4.78 is 25.1. The maximum atomic E-state index is 13.7. The molecule has 26 heavy (non-hydrogen) atoms. The van der Waals surface area contributed by atoms with Gasteiger partial charge in [0.05, 0.1) is 17.0 Å². The maximum Gasteiger partial charge on any atom is 0.263 e. The number of ether oxygens (including phenoxy) is 2. The number of carbonyl (C=O) groups excluding carboxylic acids is 1. The van der Waals surface area contributed by atoms with Gasteiger partial charge in [-0.15, -0.1) is 0 Å². The summed E-state index contributed by atoms with van der Waals surface area (Å²) in [5, 5.41) is 2.84. The summed E-state index contributed by atoms with van der Waals surface area (Å²) in [7, 11) is 1.48. The van der Waals surface area contributed by atoms with Gasteiger partial charge in [-0.25, -0.2) is 4.39 Å². The van der Waals surface area contributed by atoms with Crippen molar-refractivity contribution < 1.29 is 18.7 Å². The number of hydrogen-bond acceptors (Lipinski definition) is 5. The topological polar surface area (TPSA) is 47.6 Å². The Labute approximate surface area is 164 Å². The van der Waals surface area contributed by atoms with Crippen molar-refractivity contribution in [1.29, 1.82) is 0 Å². The van der Waals surface area contributed by atoms with Crippen LogP contribution in [-0.2, 0) is 11.4 Å². The summed E-state index contributed by atoms with van der Waals surface area (Å²) in [6.45, 7) is 0.00964. The molecule has 1 saturated heterocycles. The Balaban J connectivity index is 1.86. The van der Waals surface area contributed by atoms with E-state index in [4.69, 9.17) is 33.3 Å². The van der Waals surface area contributed by atoms with Crippen LogP contribution in [0.5, 0.6) is 11.5 Å². The maximum absolute atomic E-state index is 13.7. The minimum Gasteiger partial charge on any atom is -0.493 e. The third kappa shape index (κ3) is 4.17. The lowest BCUT2D eigenvalue weighted by Gasteiger charge is -2.14. The normalized spacial score (nSPS) is 15.3. The number of rotatable bonds is 5. The van der Waals surface area contributed by atoms with Gasteiger partial charge in [0.2, 0.25) is 0 Å². The van der Waals surface area contributed by atoms with E-state index in [2.05, 4.69) is 5.32 Å². The number of hydrogen-bond donors (Lipinski definition) is 1. The first-order chi connectivity index (χ1) is 12.5. The van der Waals surface area contributed by atoms with Crippen molar-refractivity contribution in [3.63, 3.8) is 0 Å². The molecule has 1 amide bonds. The van der Waals surface area contributed by atoms with Crippen LogP contribution in [0.15, 0.2) is 41.3 Å². The lowest BCUT2D eigenvalue weighted by Crippen LogP contribution is -2.17. The van der Waals surface area contributed by atoms with E-state index in [1.54, 1.807) is 36.4 Å². The summed E-state index contributed by atoms with van der Waals surface area (Å²) >= 11 is 12.4. The zero-order chi connectivity index (χ0) is 18.7. The molecule has 134 valence electrons. The molecule has 1 N–H and O–H groups in total. The van der Waals surface area contributed by atoms with Crippen LogP contribution in [-0.4, -0.2) is 17.3 Å². The van der Waals surface area contributed by atoms with Gasteiger partial charge in [-0.3, -0.25) is 4.79 Å². The zero-order valence-electron chi connectivity index (χ0n) is 13.5. The minimum atomic E-state index is -0.357. The quantitative estimate of drug-likeness (QED) is 0.579. The Morgan fingerprint density at radius 1 is 1.35 bits per heavy atom. The van der Waals surface area contributed by atoms with Crippen molar-refractivity contribution in [1.82, 2.24) is 5.32 Å². The average Bonchev–Trinajstić information content (AvgIpc) is 2.92. The van der Waals surface area contributed by atoms with Crippen LogP contribution >= 0.6 is 35.6 Å². The molecule has 2 aromatic rings. The van der Waals surface area contributed by atoms with Gasteiger partial charge in [0.15, 0.2) is 11.5 Å². The van der Waals surface area contributed by atoms with Gasteiger partial charge in [0.1, 0.15) is 16.7 Å². The average molecular weight is 410 g/mol. The van der Waals surface area contributed by atoms with Crippen LogP contribution in [0.1, 0.15) is 11.1 Å². The summed E-state index contributed by atoms with van der Waals surface area (Å²) in [5.41, 5.74) is 1.07. The van der Waals surface area contributed by atoms with Gasteiger partial charge in [-0.1, -0.05) is 53.8 Å². The second-order valence-corrected chi connectivity index (χ2v) is 7.39. The van der Waals surface area contributed by atoms with Crippen molar-refractivity contribution in [2.75, 3.05) is 7.11 Å². The number of amides is 1. The van der Waals surface area contributed by atoms with E-state index >= 15 is 0 Å². The molecule has 0 radical (unpaired) electrons. The van der Waals surface area contributed by atoms with E-state index in [1.165, 1.54) is 24.9 Å². The minimum absolute atomic E-state index is 0.00964. The van der Waals surface area contributed by atoms with Crippen molar-refractivity contribution in [2.24, 2.45) is 0 Å². The molecule has 1 aliphatic heterocycles. The molecule has 0 saturated carbocycles. The number of thioether (sulfide) groups is 1. The smallest absolute Gasteiger partial charge is 0.263 e. The first kappa shape index (κ1) is 18.7. The van der Waals surface area contributed by atoms with Crippen LogP contribution < -0.4 is 14.8 Å². The predicted octanol–water partition coefficient (Wildman–Crippen LogP) is 4.56. The van der Waals surface area contributed by atoms with E-state index in [-0.39, 0.29) is 18.3 Å². The summed E-state index contributed by atoms with van der Waals surface area (Å²) in [6.07, 6.45) is 1.66. The largest absolute Gasteiger partial charge is 0.493 e. The molecule has 0 unspecified atom stereocenters. The van der Waals surface area contributed by atoms with Crippen LogP contribution in [0.4, 0.5) is 4.39 Å². The van der Waals surface area contributed by atoms with Crippen molar-refractivity contribution in [3.05, 3.63) is 63.3 Å². The number of benzene rings is 2. The molecule has 0 spiro atoms. The highest BCUT2D eigenvalue weighted by Gasteiger charge is 2.22. The van der Waals surface area contributed by atoms with Crippen molar-refractivity contribution >= 4 is 51.9 Å². The number of methoxy groups -OCH3 is 1. The molecule has 4 nitrogen and oxygen atoms in total. The van der Waals surface area contributed by atoms with Gasteiger partial charge in [-0.05, 0) is 29.8 Å². The fraction of sp³-hybridized carbons (Fsp3) is 0.111. The molecule has 2 aromatic carbocycles. The Morgan fingerprint density at radius 3 is 2.77 bits per heavy atom. The molecule has 1 aliphatic rings. The highest BCUT2D eigenvalue weighted by atomic mass is 35.5. The van der Waals surface area contributed by atoms with Crippen LogP contribution in [0.25, 0.3) is 6.08 Å². The number of carbonyl (C=O) groups is 1. The fourth-order valence-electron chi connectivity index (χ4n) is 2.30. The fourth-order valence-corrected chi connectivity index (χ4v) is 3.62. The van der Waals surface area contributed by atoms with E-state index in [0.717, 1.165) is 0 Å².